The van der Waals surface area contributed by atoms with Crippen LogP contribution in [0.15, 0.2) is 55.2 Å². The molecule has 0 bridgehead atoms. The lowest BCUT2D eigenvalue weighted by Crippen LogP contribution is -2.34. The lowest BCUT2D eigenvalue weighted by Gasteiger charge is -2.31. The molecule has 5 nitrogen and oxygen atoms in total. The number of benzene rings is 1. The highest BCUT2D eigenvalue weighted by atomic mass is 19.1. The van der Waals surface area contributed by atoms with Crippen molar-refractivity contribution in [2.75, 3.05) is 13.1 Å². The molecule has 0 N–H and O–H groups in total. The summed E-state index contributed by atoms with van der Waals surface area (Å²) in [6, 6.07) is 8.77. The zero-order valence-corrected chi connectivity index (χ0v) is 13.9. The van der Waals surface area contributed by atoms with E-state index in [1.807, 2.05) is 12.4 Å². The predicted molar refractivity (Wildman–Crippen MR) is 93.2 cm³/mol. The quantitative estimate of drug-likeness (QED) is 0.733. The van der Waals surface area contributed by atoms with Crippen molar-refractivity contribution < 1.29 is 4.39 Å². The first kappa shape index (κ1) is 15.9. The maximum absolute atomic E-state index is 13.1. The van der Waals surface area contributed by atoms with Crippen LogP contribution in [0.5, 0.6) is 0 Å². The van der Waals surface area contributed by atoms with Gasteiger partial charge in [-0.2, -0.15) is 0 Å². The SMILES string of the molecule is Fc1ccc(-c2cn(C3CCN(Cc4ncccn4)CC3)cn2)cc1. The number of piperidine rings is 1. The second-order valence-corrected chi connectivity index (χ2v) is 6.39. The molecule has 6 heteroatoms. The van der Waals surface area contributed by atoms with E-state index in [0.29, 0.717) is 6.04 Å². The van der Waals surface area contributed by atoms with Crippen molar-refractivity contribution in [3.8, 4) is 11.3 Å². The molecule has 0 saturated carbocycles. The van der Waals surface area contributed by atoms with Gasteiger partial charge in [0, 0.05) is 43.3 Å². The van der Waals surface area contributed by atoms with Crippen molar-refractivity contribution in [3.05, 3.63) is 66.9 Å². The molecular formula is C19H20FN5. The van der Waals surface area contributed by atoms with E-state index in [4.69, 9.17) is 0 Å². The Morgan fingerprint density at radius 3 is 2.44 bits per heavy atom. The van der Waals surface area contributed by atoms with Gasteiger partial charge in [-0.1, -0.05) is 0 Å². The highest BCUT2D eigenvalue weighted by molar-refractivity contribution is 5.57. The summed E-state index contributed by atoms with van der Waals surface area (Å²) in [4.78, 5) is 15.5. The molecule has 1 fully saturated rings. The van der Waals surface area contributed by atoms with E-state index < -0.39 is 0 Å². The number of aromatic nitrogens is 4. The molecule has 4 rings (SSSR count). The van der Waals surface area contributed by atoms with Gasteiger partial charge in [0.1, 0.15) is 11.6 Å². The van der Waals surface area contributed by atoms with E-state index in [1.54, 1.807) is 24.5 Å². The Bertz CT molecular complexity index is 807. The number of hydrogen-bond acceptors (Lipinski definition) is 4. The Balaban J connectivity index is 1.37. The average Bonchev–Trinajstić information content (AvgIpc) is 3.14. The second kappa shape index (κ2) is 7.11. The van der Waals surface area contributed by atoms with Crippen LogP contribution < -0.4 is 0 Å². The third-order valence-electron chi connectivity index (χ3n) is 4.70. The van der Waals surface area contributed by atoms with Crippen molar-refractivity contribution in [1.82, 2.24) is 24.4 Å². The molecule has 0 amide bonds. The van der Waals surface area contributed by atoms with Crippen LogP contribution in [0.3, 0.4) is 0 Å². The largest absolute Gasteiger partial charge is 0.334 e. The molecule has 1 saturated heterocycles. The van der Waals surface area contributed by atoms with Crippen LogP contribution in [0.2, 0.25) is 0 Å². The molecule has 0 atom stereocenters. The molecule has 0 radical (unpaired) electrons. The normalized spacial score (nSPS) is 16.2. The zero-order valence-electron chi connectivity index (χ0n) is 13.9. The number of hydrogen-bond donors (Lipinski definition) is 0. The van der Waals surface area contributed by atoms with Crippen molar-refractivity contribution in [3.63, 3.8) is 0 Å². The van der Waals surface area contributed by atoms with Gasteiger partial charge < -0.3 is 4.57 Å². The van der Waals surface area contributed by atoms with E-state index >= 15 is 0 Å². The highest BCUT2D eigenvalue weighted by Gasteiger charge is 2.21. The summed E-state index contributed by atoms with van der Waals surface area (Å²) in [6.07, 6.45) is 9.68. The number of likely N-dealkylation sites (tertiary alicyclic amines) is 1. The summed E-state index contributed by atoms with van der Waals surface area (Å²) in [5.41, 5.74) is 1.83. The highest BCUT2D eigenvalue weighted by Crippen LogP contribution is 2.26. The molecule has 0 unspecified atom stereocenters. The lowest BCUT2D eigenvalue weighted by molar-refractivity contribution is 0.176. The van der Waals surface area contributed by atoms with E-state index in [-0.39, 0.29) is 5.82 Å². The fourth-order valence-corrected chi connectivity index (χ4v) is 3.29. The van der Waals surface area contributed by atoms with Crippen LogP contribution in [-0.4, -0.2) is 37.5 Å². The Hall–Kier alpha value is -2.60. The molecule has 3 aromatic rings. The van der Waals surface area contributed by atoms with Crippen LogP contribution in [0.4, 0.5) is 4.39 Å². The summed E-state index contributed by atoms with van der Waals surface area (Å²) in [7, 11) is 0. The topological polar surface area (TPSA) is 46.8 Å². The van der Waals surface area contributed by atoms with Crippen molar-refractivity contribution in [2.45, 2.75) is 25.4 Å². The maximum Gasteiger partial charge on any atom is 0.142 e. The van der Waals surface area contributed by atoms with Gasteiger partial charge in [0.05, 0.1) is 18.6 Å². The molecule has 1 aliphatic heterocycles. The van der Waals surface area contributed by atoms with Gasteiger partial charge in [0.25, 0.3) is 0 Å². The van der Waals surface area contributed by atoms with Crippen LogP contribution in [0.1, 0.15) is 24.7 Å². The van der Waals surface area contributed by atoms with Gasteiger partial charge in [0.15, 0.2) is 0 Å². The zero-order chi connectivity index (χ0) is 17.1. The van der Waals surface area contributed by atoms with Crippen molar-refractivity contribution in [1.29, 1.82) is 0 Å². The number of halogens is 1. The van der Waals surface area contributed by atoms with Crippen molar-refractivity contribution in [2.24, 2.45) is 0 Å². The molecule has 0 spiro atoms. The number of nitrogens with zero attached hydrogens (tertiary/aromatic N) is 5. The monoisotopic (exact) mass is 337 g/mol. The number of rotatable bonds is 4. The summed E-state index contributed by atoms with van der Waals surface area (Å²) in [5.74, 6) is 0.653. The summed E-state index contributed by atoms with van der Waals surface area (Å²) < 4.78 is 15.2. The van der Waals surface area contributed by atoms with E-state index in [2.05, 4.69) is 30.6 Å². The van der Waals surface area contributed by atoms with E-state index in [0.717, 1.165) is 49.6 Å². The third-order valence-corrected chi connectivity index (χ3v) is 4.70. The first-order chi connectivity index (χ1) is 12.3. The standard InChI is InChI=1S/C19H20FN5/c20-16-4-2-15(3-5-16)18-12-25(14-23-18)17-6-10-24(11-7-17)13-19-21-8-1-9-22-19/h1-5,8-9,12,14,17H,6-7,10-11,13H2. The predicted octanol–water partition coefficient (Wildman–Crippen LogP) is 3.32. The molecular weight excluding hydrogens is 317 g/mol. The number of imidazole rings is 1. The first-order valence-electron chi connectivity index (χ1n) is 8.55. The molecule has 25 heavy (non-hydrogen) atoms. The Labute approximate surface area is 146 Å². The molecule has 3 heterocycles. The van der Waals surface area contributed by atoms with Crippen molar-refractivity contribution >= 4 is 0 Å². The van der Waals surface area contributed by atoms with Crippen LogP contribution >= 0.6 is 0 Å². The Kier molecular flexibility index (Phi) is 4.52. The second-order valence-electron chi connectivity index (χ2n) is 6.39. The van der Waals surface area contributed by atoms with Crippen LogP contribution in [0, 0.1) is 5.82 Å². The Morgan fingerprint density at radius 1 is 1.00 bits per heavy atom. The van der Waals surface area contributed by atoms with Gasteiger partial charge in [-0.25, -0.2) is 19.3 Å². The van der Waals surface area contributed by atoms with Crippen LogP contribution in [0.25, 0.3) is 11.3 Å². The van der Waals surface area contributed by atoms with E-state index in [9.17, 15) is 4.39 Å². The minimum atomic E-state index is -0.224. The Morgan fingerprint density at radius 2 is 1.72 bits per heavy atom. The molecule has 1 aromatic carbocycles. The summed E-state index contributed by atoms with van der Waals surface area (Å²) in [6.45, 7) is 2.85. The first-order valence-corrected chi connectivity index (χ1v) is 8.55. The van der Waals surface area contributed by atoms with Gasteiger partial charge in [0.2, 0.25) is 0 Å². The molecule has 0 aliphatic carbocycles. The summed E-state index contributed by atoms with van der Waals surface area (Å²) >= 11 is 0. The summed E-state index contributed by atoms with van der Waals surface area (Å²) in [5, 5.41) is 0. The van der Waals surface area contributed by atoms with Crippen LogP contribution in [-0.2, 0) is 6.54 Å². The molecule has 2 aromatic heterocycles. The molecule has 1 aliphatic rings. The fourth-order valence-electron chi connectivity index (χ4n) is 3.29. The van der Waals surface area contributed by atoms with E-state index in [1.165, 1.54) is 12.1 Å². The minimum absolute atomic E-state index is 0.224. The van der Waals surface area contributed by atoms with Gasteiger partial charge in [-0.15, -0.1) is 0 Å². The van der Waals surface area contributed by atoms with Gasteiger partial charge in [-0.05, 0) is 43.2 Å². The maximum atomic E-state index is 13.1. The third kappa shape index (κ3) is 3.74. The van der Waals surface area contributed by atoms with Gasteiger partial charge in [-0.3, -0.25) is 4.90 Å². The fraction of sp³-hybridized carbons (Fsp3) is 0.316. The smallest absolute Gasteiger partial charge is 0.142 e. The lowest BCUT2D eigenvalue weighted by atomic mass is 10.0. The minimum Gasteiger partial charge on any atom is -0.334 e. The average molecular weight is 337 g/mol. The van der Waals surface area contributed by atoms with Gasteiger partial charge >= 0.3 is 0 Å². The molecule has 128 valence electrons.